The molecular weight excluding hydrogens is 236 g/mol. The van der Waals surface area contributed by atoms with Gasteiger partial charge in [-0.15, -0.1) is 0 Å². The highest BCUT2D eigenvalue weighted by atomic mass is 15.3. The Balaban J connectivity index is 2.53. The maximum atomic E-state index is 9.42. The molecule has 0 saturated heterocycles. The maximum Gasteiger partial charge on any atom is 0.106 e. The van der Waals surface area contributed by atoms with Crippen LogP contribution in [0, 0.1) is 25.2 Å². The van der Waals surface area contributed by atoms with Crippen LogP contribution in [0.25, 0.3) is 0 Å². The van der Waals surface area contributed by atoms with Gasteiger partial charge in [-0.2, -0.15) is 10.4 Å². The van der Waals surface area contributed by atoms with E-state index in [1.165, 1.54) is 5.69 Å². The van der Waals surface area contributed by atoms with Crippen molar-refractivity contribution >= 4 is 0 Å². The summed E-state index contributed by atoms with van der Waals surface area (Å²) in [4.78, 5) is 0. The predicted octanol–water partition coefficient (Wildman–Crippen LogP) is 2.95. The number of nitrogens with one attached hydrogen (secondary N) is 1. The molecule has 4 nitrogen and oxygen atoms in total. The lowest BCUT2D eigenvalue weighted by atomic mass is 9.92. The van der Waals surface area contributed by atoms with E-state index in [4.69, 9.17) is 0 Å². The van der Waals surface area contributed by atoms with Gasteiger partial charge in [-0.05, 0) is 52.1 Å². The number of aryl methyl sites for hydroxylation is 3. The van der Waals surface area contributed by atoms with E-state index in [0.29, 0.717) is 0 Å². The molecule has 0 saturated carbocycles. The first-order valence-corrected chi connectivity index (χ1v) is 7.24. The standard InChI is InChI=1S/C15H26N4/c1-5-9-17-15(6-2,12-16)8-7-10-19-14(4)11-13(3)18-19/h11,17H,5-10H2,1-4H3. The summed E-state index contributed by atoms with van der Waals surface area (Å²) in [6.07, 6.45) is 3.75. The normalized spacial score (nSPS) is 14.1. The van der Waals surface area contributed by atoms with Crippen molar-refractivity contribution < 1.29 is 0 Å². The summed E-state index contributed by atoms with van der Waals surface area (Å²) < 4.78 is 2.03. The van der Waals surface area contributed by atoms with Crippen LogP contribution in [0.3, 0.4) is 0 Å². The molecule has 19 heavy (non-hydrogen) atoms. The van der Waals surface area contributed by atoms with Crippen LogP contribution >= 0.6 is 0 Å². The summed E-state index contributed by atoms with van der Waals surface area (Å²) in [6, 6.07) is 4.56. The molecule has 1 N–H and O–H groups in total. The van der Waals surface area contributed by atoms with E-state index < -0.39 is 0 Å². The minimum Gasteiger partial charge on any atom is -0.299 e. The summed E-state index contributed by atoms with van der Waals surface area (Å²) in [7, 11) is 0. The molecule has 106 valence electrons. The van der Waals surface area contributed by atoms with Gasteiger partial charge >= 0.3 is 0 Å². The first kappa shape index (κ1) is 15.7. The Bertz CT molecular complexity index is 430. The summed E-state index contributed by atoms with van der Waals surface area (Å²) in [5.74, 6) is 0. The largest absolute Gasteiger partial charge is 0.299 e. The average Bonchev–Trinajstić information content (AvgIpc) is 2.72. The molecule has 1 aromatic heterocycles. The molecule has 0 aliphatic rings. The van der Waals surface area contributed by atoms with E-state index in [1.807, 2.05) is 11.6 Å². The molecule has 0 aliphatic heterocycles. The Morgan fingerprint density at radius 2 is 2.16 bits per heavy atom. The van der Waals surface area contributed by atoms with Gasteiger partial charge in [0.05, 0.1) is 11.8 Å². The molecule has 0 spiro atoms. The lowest BCUT2D eigenvalue weighted by Gasteiger charge is -2.26. The van der Waals surface area contributed by atoms with Crippen molar-refractivity contribution in [2.45, 2.75) is 65.5 Å². The minimum atomic E-state index is -0.369. The monoisotopic (exact) mass is 262 g/mol. The van der Waals surface area contributed by atoms with Gasteiger partial charge in [0.25, 0.3) is 0 Å². The van der Waals surface area contributed by atoms with Crippen LogP contribution in [0.15, 0.2) is 6.07 Å². The summed E-state index contributed by atoms with van der Waals surface area (Å²) in [6.45, 7) is 10.1. The maximum absolute atomic E-state index is 9.42. The van der Waals surface area contributed by atoms with Gasteiger partial charge in [0.1, 0.15) is 5.54 Å². The Morgan fingerprint density at radius 1 is 1.42 bits per heavy atom. The third-order valence-electron chi connectivity index (χ3n) is 3.61. The summed E-state index contributed by atoms with van der Waals surface area (Å²) in [5, 5.41) is 17.3. The van der Waals surface area contributed by atoms with Gasteiger partial charge < -0.3 is 0 Å². The van der Waals surface area contributed by atoms with Crippen LogP contribution in [-0.2, 0) is 6.54 Å². The molecule has 4 heteroatoms. The van der Waals surface area contributed by atoms with Gasteiger partial charge in [-0.25, -0.2) is 0 Å². The van der Waals surface area contributed by atoms with Crippen molar-refractivity contribution in [1.82, 2.24) is 15.1 Å². The van der Waals surface area contributed by atoms with Crippen LogP contribution in [0.1, 0.15) is 50.9 Å². The van der Waals surface area contributed by atoms with Gasteiger partial charge in [0, 0.05) is 12.2 Å². The van der Waals surface area contributed by atoms with Crippen LogP contribution in [0.2, 0.25) is 0 Å². The molecule has 1 unspecified atom stereocenters. The molecule has 0 radical (unpaired) electrons. The molecule has 1 rings (SSSR count). The Morgan fingerprint density at radius 3 is 2.63 bits per heavy atom. The highest BCUT2D eigenvalue weighted by molar-refractivity contribution is 5.08. The van der Waals surface area contributed by atoms with Crippen LogP contribution < -0.4 is 5.32 Å². The number of nitriles is 1. The summed E-state index contributed by atoms with van der Waals surface area (Å²) >= 11 is 0. The molecular formula is C15H26N4. The average molecular weight is 262 g/mol. The van der Waals surface area contributed by atoms with Gasteiger partial charge in [-0.3, -0.25) is 10.00 Å². The molecule has 0 aliphatic carbocycles. The van der Waals surface area contributed by atoms with Crippen LogP contribution in [0.5, 0.6) is 0 Å². The lowest BCUT2D eigenvalue weighted by Crippen LogP contribution is -2.43. The minimum absolute atomic E-state index is 0.369. The molecule has 1 aromatic rings. The zero-order valence-corrected chi connectivity index (χ0v) is 12.7. The van der Waals surface area contributed by atoms with Crippen LogP contribution in [0.4, 0.5) is 0 Å². The highest BCUT2D eigenvalue weighted by Crippen LogP contribution is 2.17. The Hall–Kier alpha value is -1.34. The Kier molecular flexibility index (Phi) is 6.04. The van der Waals surface area contributed by atoms with E-state index in [-0.39, 0.29) is 5.54 Å². The molecule has 0 bridgehead atoms. The fourth-order valence-electron chi connectivity index (χ4n) is 2.36. The number of nitrogens with zero attached hydrogens (tertiary/aromatic N) is 3. The van der Waals surface area contributed by atoms with Crippen molar-refractivity contribution in [1.29, 1.82) is 5.26 Å². The fraction of sp³-hybridized carbons (Fsp3) is 0.733. The molecule has 0 amide bonds. The highest BCUT2D eigenvalue weighted by Gasteiger charge is 2.26. The van der Waals surface area contributed by atoms with Crippen molar-refractivity contribution in [3.05, 3.63) is 17.5 Å². The Labute approximate surface area is 116 Å². The van der Waals surface area contributed by atoms with Gasteiger partial charge in [0.2, 0.25) is 0 Å². The van der Waals surface area contributed by atoms with Gasteiger partial charge in [-0.1, -0.05) is 13.8 Å². The second-order valence-electron chi connectivity index (χ2n) is 5.23. The van der Waals surface area contributed by atoms with Crippen molar-refractivity contribution in [2.24, 2.45) is 0 Å². The summed E-state index contributed by atoms with van der Waals surface area (Å²) in [5.41, 5.74) is 1.88. The number of hydrogen-bond acceptors (Lipinski definition) is 3. The third-order valence-corrected chi connectivity index (χ3v) is 3.61. The molecule has 0 aromatic carbocycles. The van der Waals surface area contributed by atoms with Gasteiger partial charge in [0.15, 0.2) is 0 Å². The molecule has 1 atom stereocenters. The van der Waals surface area contributed by atoms with E-state index in [9.17, 15) is 5.26 Å². The number of rotatable bonds is 8. The van der Waals surface area contributed by atoms with Crippen LogP contribution in [-0.4, -0.2) is 21.9 Å². The van der Waals surface area contributed by atoms with E-state index in [1.54, 1.807) is 0 Å². The fourth-order valence-corrected chi connectivity index (χ4v) is 2.36. The zero-order chi connectivity index (χ0) is 14.3. The lowest BCUT2D eigenvalue weighted by molar-refractivity contribution is 0.351. The molecule has 1 heterocycles. The first-order valence-electron chi connectivity index (χ1n) is 7.24. The first-order chi connectivity index (χ1) is 9.06. The van der Waals surface area contributed by atoms with Crippen molar-refractivity contribution in [2.75, 3.05) is 6.54 Å². The SMILES string of the molecule is CCCNC(C#N)(CC)CCCn1nc(C)cc1C. The zero-order valence-electron chi connectivity index (χ0n) is 12.7. The number of aromatic nitrogens is 2. The topological polar surface area (TPSA) is 53.6 Å². The number of hydrogen-bond donors (Lipinski definition) is 1. The second kappa shape index (κ2) is 7.30. The quantitative estimate of drug-likeness (QED) is 0.783. The van der Waals surface area contributed by atoms with E-state index in [2.05, 4.69) is 43.3 Å². The van der Waals surface area contributed by atoms with Crippen molar-refractivity contribution in [3.63, 3.8) is 0 Å². The van der Waals surface area contributed by atoms with E-state index in [0.717, 1.165) is 44.5 Å². The predicted molar refractivity (Wildman–Crippen MR) is 77.9 cm³/mol. The van der Waals surface area contributed by atoms with E-state index >= 15 is 0 Å². The smallest absolute Gasteiger partial charge is 0.106 e. The van der Waals surface area contributed by atoms with Crippen molar-refractivity contribution in [3.8, 4) is 6.07 Å². The molecule has 0 fully saturated rings. The third kappa shape index (κ3) is 4.36. The second-order valence-corrected chi connectivity index (χ2v) is 5.23.